The first-order chi connectivity index (χ1) is 57.7. The van der Waals surface area contributed by atoms with E-state index < -0.39 is 8.07 Å². The molecule has 0 aliphatic heterocycles. The Morgan fingerprint density at radius 1 is 0.298 bits per heavy atom. The molecule has 0 atom stereocenters. The summed E-state index contributed by atoms with van der Waals surface area (Å²) in [4.78, 5) is 0. The number of benzene rings is 13. The molecule has 5 aromatic heterocycles. The minimum atomic E-state index is -1.40. The van der Waals surface area contributed by atoms with E-state index in [2.05, 4.69) is 310 Å². The van der Waals surface area contributed by atoms with Gasteiger partial charge in [0.25, 0.3) is 0 Å². The smallest absolute Gasteiger partial charge is 0.0926 e. The monoisotopic (exact) mass is 2530 g/mol. The normalized spacial score (nSPS) is 10.7. The van der Waals surface area contributed by atoms with Crippen molar-refractivity contribution in [3.63, 3.8) is 0 Å². The quantitative estimate of drug-likeness (QED) is 0.0799. The fourth-order valence-electron chi connectivity index (χ4n) is 15.4. The van der Waals surface area contributed by atoms with E-state index in [1.807, 2.05) is 206 Å². The van der Waals surface area contributed by atoms with Crippen molar-refractivity contribution in [3.05, 3.63) is 427 Å². The third kappa shape index (κ3) is 22.9. The van der Waals surface area contributed by atoms with Gasteiger partial charge in [-0.1, -0.05) is 307 Å². The second-order valence-corrected chi connectivity index (χ2v) is 37.0. The summed E-state index contributed by atoms with van der Waals surface area (Å²) in [6.45, 7) is 31.0. The minimum Gasteiger partial charge on any atom is -0.265 e. The fourth-order valence-corrected chi connectivity index (χ4v) is 16.4. The number of hydrogen-bond donors (Lipinski definition) is 0. The molecule has 0 aliphatic rings. The fraction of sp³-hybridized carbons (Fsp3) is 0.139. The summed E-state index contributed by atoms with van der Waals surface area (Å²) >= 11 is 0. The molecule has 18 rings (SSSR count). The molecule has 5 radical (unpaired) electrons. The van der Waals surface area contributed by atoms with Crippen LogP contribution in [0.5, 0.6) is 0 Å². The molecule has 10 nitrogen and oxygen atoms in total. The van der Waals surface area contributed by atoms with Gasteiger partial charge in [0.1, 0.15) is 0 Å². The van der Waals surface area contributed by atoms with E-state index in [1.165, 1.54) is 88.6 Å². The van der Waals surface area contributed by atoms with E-state index in [0.717, 1.165) is 84.5 Å². The Bertz CT molecular complexity index is 6190. The van der Waals surface area contributed by atoms with E-state index in [-0.39, 0.29) is 106 Å². The first kappa shape index (κ1) is 97.2. The number of para-hydroxylation sites is 4. The largest absolute Gasteiger partial charge is 0.265 e. The van der Waals surface area contributed by atoms with E-state index in [0.29, 0.717) is 0 Å². The van der Waals surface area contributed by atoms with Gasteiger partial charge < -0.3 is 0 Å². The number of hydrogen-bond acceptors (Lipinski definition) is 5. The zero-order chi connectivity index (χ0) is 83.2. The third-order valence-corrected chi connectivity index (χ3v) is 23.3. The summed E-state index contributed by atoms with van der Waals surface area (Å²) in [6, 6.07) is 121. The number of aromatic nitrogens is 10. The van der Waals surface area contributed by atoms with Gasteiger partial charge in [0, 0.05) is 168 Å². The van der Waals surface area contributed by atoms with E-state index in [1.54, 1.807) is 0 Å². The van der Waals surface area contributed by atoms with Crippen LogP contribution in [0.3, 0.4) is 0 Å². The second-order valence-electron chi connectivity index (χ2n) is 31.9. The van der Waals surface area contributed by atoms with Gasteiger partial charge in [0.15, 0.2) is 0 Å². The molecule has 0 saturated carbocycles. The van der Waals surface area contributed by atoms with Crippen molar-refractivity contribution in [1.82, 2.24) is 48.9 Å². The van der Waals surface area contributed by atoms with Crippen LogP contribution >= 0.6 is 0 Å². The molecule has 635 valence electrons. The van der Waals surface area contributed by atoms with E-state index in [9.17, 15) is 0 Å². The molecule has 18 aromatic rings. The number of nitrogens with zero attached hydrogens (tertiary/aromatic N) is 10. The van der Waals surface area contributed by atoms with Crippen LogP contribution in [0.4, 0.5) is 0 Å². The van der Waals surface area contributed by atoms with Gasteiger partial charge in [-0.2, -0.15) is 146 Å². The van der Waals surface area contributed by atoms with Crippen LogP contribution in [-0.4, -0.2) is 57.0 Å². The molecule has 5 heterocycles. The summed E-state index contributed by atoms with van der Waals surface area (Å²) in [6.07, 6.45) is 13.5. The third-order valence-electron chi connectivity index (χ3n) is 21.3. The van der Waals surface area contributed by atoms with Crippen LogP contribution in [-0.2, 0) is 106 Å². The summed E-state index contributed by atoms with van der Waals surface area (Å²) in [5.74, 6) is 0. The molecule has 0 saturated heterocycles. The van der Waals surface area contributed by atoms with Crippen LogP contribution in [0.15, 0.2) is 347 Å². The zero-order valence-electron chi connectivity index (χ0n) is 72.0. The van der Waals surface area contributed by atoms with Crippen LogP contribution in [0.25, 0.3) is 118 Å². The standard InChI is InChI=1S/3C23H19N2.C20H23N2Si.C19H19N2.5Ir/c1-17-9-8-10-18(2)23(17)21-13-6-7-14-22(21)25-16-20(15-24-25)19-11-4-3-5-12-19;1-17-9-8-10-18(2)23(17)20-13-6-7-14-22(20)25-16-15-21(24-25)19-11-4-3-5-12-19;1-17-9-8-10-18(2)23(17)20-13-6-7-14-22(20)25-21(15-16-24-25)19-11-4-3-5-12-19;1-15-8-6-9-16(2)20(15)18-14-17(23(3,4)5)10-11-19(18)22-13-7-12-21-22;1-19(2,3)16-11-7-8-12-18(16)21-17(13-14-20-21)15-9-5-4-6-10-15;;;;;/h3*3-13,15-16H,1-2H3;6-10,12-14H,1-5H3;4-11,13-14H,1-3H3;;;;;/q5*-1;;;;;. The minimum absolute atomic E-state index is 0. The van der Waals surface area contributed by atoms with Crippen molar-refractivity contribution < 1.29 is 101 Å². The predicted octanol–water partition coefficient (Wildman–Crippen LogP) is 26.0. The molecule has 0 N–H and O–H groups in total. The molecule has 0 spiro atoms. The molecular weight excluding hydrogens is 2430 g/mol. The Labute approximate surface area is 801 Å². The Hall–Kier alpha value is -10.6. The van der Waals surface area contributed by atoms with Gasteiger partial charge in [-0.25, -0.2) is 0 Å². The van der Waals surface area contributed by atoms with Crippen molar-refractivity contribution in [2.75, 3.05) is 0 Å². The van der Waals surface area contributed by atoms with Gasteiger partial charge in [-0.15, -0.1) is 27.8 Å². The number of aryl methyl sites for hydroxylation is 8. The summed E-state index contributed by atoms with van der Waals surface area (Å²) < 4.78 is 9.72. The van der Waals surface area contributed by atoms with Crippen molar-refractivity contribution in [2.24, 2.45) is 0 Å². The summed E-state index contributed by atoms with van der Waals surface area (Å²) in [7, 11) is -1.40. The van der Waals surface area contributed by atoms with Gasteiger partial charge in [-0.05, 0) is 114 Å². The Morgan fingerprint density at radius 3 is 1.10 bits per heavy atom. The molecule has 0 amide bonds. The van der Waals surface area contributed by atoms with Crippen molar-refractivity contribution in [3.8, 4) is 118 Å². The average Bonchev–Trinajstić information content (AvgIpc) is 1.68. The number of rotatable bonds is 14. The maximum absolute atomic E-state index is 4.78. The molecule has 0 fully saturated rings. The van der Waals surface area contributed by atoms with Crippen LogP contribution in [0, 0.1) is 85.7 Å². The first-order valence-electron chi connectivity index (χ1n) is 40.5. The van der Waals surface area contributed by atoms with Crippen molar-refractivity contribution >= 4 is 13.3 Å². The SMILES string of the molecule is CC(C)(C)c1ccc[c-]c1-n1nccc1-c1ccccc1.Cc1cccc(C)c1-c1cc([Si](C)(C)C)c[c-]c1-n1cccn1.Cc1cccc(C)c1-c1ccc[c-]c1-n1cc(-c2ccccc2)cn1.Cc1cccc(C)c1-c1ccc[c-]c1-n1ccc(-c2ccccc2)n1.Cc1cccc(C)c1-c1ccc[c-]c1-n1nccc1-c1ccccc1.[Ir].[Ir].[Ir].[Ir].[Ir]. The van der Waals surface area contributed by atoms with Crippen LogP contribution < -0.4 is 5.19 Å². The zero-order valence-corrected chi connectivity index (χ0v) is 85.0. The molecule has 16 heteroatoms. The molecule has 0 aliphatic carbocycles. The van der Waals surface area contributed by atoms with Gasteiger partial charge in [0.2, 0.25) is 0 Å². The molecule has 124 heavy (non-hydrogen) atoms. The summed E-state index contributed by atoms with van der Waals surface area (Å²) in [5, 5.41) is 24.3. The predicted molar refractivity (Wildman–Crippen MR) is 495 cm³/mol. The maximum atomic E-state index is 4.78. The van der Waals surface area contributed by atoms with E-state index >= 15 is 0 Å². The molecule has 0 unspecified atom stereocenters. The van der Waals surface area contributed by atoms with E-state index in [4.69, 9.17) is 5.10 Å². The Balaban J connectivity index is 0.000000174. The topological polar surface area (TPSA) is 89.1 Å². The summed E-state index contributed by atoms with van der Waals surface area (Å²) in [5.41, 5.74) is 35.0. The van der Waals surface area contributed by atoms with Crippen LogP contribution in [0.1, 0.15) is 70.8 Å². The van der Waals surface area contributed by atoms with Gasteiger partial charge in [0.05, 0.1) is 23.3 Å². The van der Waals surface area contributed by atoms with Gasteiger partial charge >= 0.3 is 0 Å². The van der Waals surface area contributed by atoms with Gasteiger partial charge in [-0.3, -0.25) is 23.4 Å². The average molecular weight is 2530 g/mol. The van der Waals surface area contributed by atoms with Crippen molar-refractivity contribution in [2.45, 2.75) is 101 Å². The second kappa shape index (κ2) is 44.8. The molecule has 0 bridgehead atoms. The molecule has 13 aromatic carbocycles. The maximum Gasteiger partial charge on any atom is 0.0926 e. The molecular formula is C108H99Ir5N10Si-5. The first-order valence-corrected chi connectivity index (χ1v) is 44.0. The Morgan fingerprint density at radius 2 is 0.677 bits per heavy atom. The van der Waals surface area contributed by atoms with Crippen molar-refractivity contribution in [1.29, 1.82) is 0 Å². The van der Waals surface area contributed by atoms with Crippen LogP contribution in [0.2, 0.25) is 19.6 Å². The Kier molecular flexibility index (Phi) is 35.1.